The van der Waals surface area contributed by atoms with Gasteiger partial charge >= 0.3 is 5.97 Å². The molecular formula is C10H15BrN2O2. The van der Waals surface area contributed by atoms with Crippen molar-refractivity contribution in [3.05, 3.63) is 16.4 Å². The fourth-order valence-electron chi connectivity index (χ4n) is 1.20. The van der Waals surface area contributed by atoms with Crippen LogP contribution in [0.4, 0.5) is 0 Å². The number of nitrogens with zero attached hydrogens (tertiary/aromatic N) is 2. The van der Waals surface area contributed by atoms with E-state index < -0.39 is 0 Å². The van der Waals surface area contributed by atoms with Gasteiger partial charge in [-0.3, -0.25) is 4.68 Å². The average Bonchev–Trinajstić information content (AvgIpc) is 2.46. The molecule has 0 atom stereocenters. The Bertz CT molecular complexity index is 347. The molecule has 0 aromatic carbocycles. The summed E-state index contributed by atoms with van der Waals surface area (Å²) in [6.45, 7) is 7.12. The molecule has 84 valence electrons. The maximum absolute atomic E-state index is 11.4. The van der Waals surface area contributed by atoms with Crippen LogP contribution in [0.1, 0.15) is 31.3 Å². The highest BCUT2D eigenvalue weighted by molar-refractivity contribution is 9.10. The first kappa shape index (κ1) is 12.2. The van der Waals surface area contributed by atoms with Crippen LogP contribution in [0.25, 0.3) is 0 Å². The fraction of sp³-hybridized carbons (Fsp3) is 0.600. The lowest BCUT2D eigenvalue weighted by Crippen LogP contribution is -2.09. The maximum Gasteiger partial charge on any atom is 0.360 e. The number of ether oxygens (including phenoxy) is 1. The molecule has 0 spiro atoms. The predicted molar refractivity (Wildman–Crippen MR) is 60.7 cm³/mol. The average molecular weight is 275 g/mol. The van der Waals surface area contributed by atoms with Gasteiger partial charge in [0.2, 0.25) is 0 Å². The highest BCUT2D eigenvalue weighted by atomic mass is 79.9. The molecule has 0 N–H and O–H groups in total. The number of halogens is 1. The van der Waals surface area contributed by atoms with Gasteiger partial charge in [0.05, 0.1) is 11.1 Å². The molecule has 0 aliphatic heterocycles. The summed E-state index contributed by atoms with van der Waals surface area (Å²) in [6, 6.07) is 0. The van der Waals surface area contributed by atoms with Crippen LogP contribution >= 0.6 is 15.9 Å². The summed E-state index contributed by atoms with van der Waals surface area (Å²) in [5, 5.41) is 4.16. The van der Waals surface area contributed by atoms with Crippen LogP contribution in [0.2, 0.25) is 0 Å². The van der Waals surface area contributed by atoms with Crippen LogP contribution < -0.4 is 0 Å². The van der Waals surface area contributed by atoms with Gasteiger partial charge in [-0.25, -0.2) is 4.79 Å². The van der Waals surface area contributed by atoms with E-state index in [0.29, 0.717) is 22.7 Å². The summed E-state index contributed by atoms with van der Waals surface area (Å²) >= 11 is 3.29. The van der Waals surface area contributed by atoms with E-state index in [1.54, 1.807) is 17.8 Å². The minimum absolute atomic E-state index is 0.345. The molecule has 0 saturated heterocycles. The third-order valence-electron chi connectivity index (χ3n) is 1.74. The van der Waals surface area contributed by atoms with Gasteiger partial charge < -0.3 is 4.74 Å². The van der Waals surface area contributed by atoms with Crippen molar-refractivity contribution in [3.63, 3.8) is 0 Å². The molecule has 1 aromatic rings. The van der Waals surface area contributed by atoms with Crippen molar-refractivity contribution < 1.29 is 9.53 Å². The quantitative estimate of drug-likeness (QED) is 0.793. The van der Waals surface area contributed by atoms with Crippen LogP contribution in [0.3, 0.4) is 0 Å². The molecule has 4 nitrogen and oxygen atoms in total. The second kappa shape index (κ2) is 5.30. The van der Waals surface area contributed by atoms with Gasteiger partial charge in [-0.05, 0) is 28.8 Å². The van der Waals surface area contributed by atoms with Gasteiger partial charge in [0, 0.05) is 12.7 Å². The van der Waals surface area contributed by atoms with Gasteiger partial charge in [0.25, 0.3) is 0 Å². The number of carbonyl (C=O) groups excluding carboxylic acids is 1. The number of aromatic nitrogens is 2. The van der Waals surface area contributed by atoms with Crippen molar-refractivity contribution in [1.82, 2.24) is 9.78 Å². The van der Waals surface area contributed by atoms with E-state index in [1.807, 2.05) is 0 Å². The highest BCUT2D eigenvalue weighted by Gasteiger charge is 2.16. The minimum atomic E-state index is -0.383. The molecule has 0 aliphatic rings. The molecule has 15 heavy (non-hydrogen) atoms. The first-order valence-corrected chi connectivity index (χ1v) is 5.74. The second-order valence-corrected chi connectivity index (χ2v) is 4.52. The number of rotatable bonds is 4. The van der Waals surface area contributed by atoms with Gasteiger partial charge in [0.1, 0.15) is 0 Å². The predicted octanol–water partition coefficient (Wildman–Crippen LogP) is 2.48. The van der Waals surface area contributed by atoms with E-state index in [2.05, 4.69) is 34.9 Å². The van der Waals surface area contributed by atoms with Crippen LogP contribution in [0, 0.1) is 5.92 Å². The molecule has 1 aromatic heterocycles. The van der Waals surface area contributed by atoms with Gasteiger partial charge in [-0.15, -0.1) is 0 Å². The first-order valence-electron chi connectivity index (χ1n) is 4.94. The summed E-state index contributed by atoms with van der Waals surface area (Å²) < 4.78 is 7.32. The van der Waals surface area contributed by atoms with E-state index in [4.69, 9.17) is 4.74 Å². The van der Waals surface area contributed by atoms with Crippen molar-refractivity contribution in [1.29, 1.82) is 0 Å². The molecule has 5 heteroatoms. The molecule has 0 aliphatic carbocycles. The van der Waals surface area contributed by atoms with Crippen LogP contribution in [-0.2, 0) is 11.3 Å². The highest BCUT2D eigenvalue weighted by Crippen LogP contribution is 2.16. The number of carbonyl (C=O) groups is 1. The Morgan fingerprint density at radius 1 is 1.67 bits per heavy atom. The molecule has 0 radical (unpaired) electrons. The van der Waals surface area contributed by atoms with Crippen molar-refractivity contribution in [2.75, 3.05) is 6.61 Å². The Morgan fingerprint density at radius 2 is 2.33 bits per heavy atom. The van der Waals surface area contributed by atoms with E-state index in [-0.39, 0.29) is 5.97 Å². The summed E-state index contributed by atoms with van der Waals surface area (Å²) in [4.78, 5) is 11.4. The SMILES string of the molecule is CCOC(=O)c1nn(CC(C)C)cc1Br. The summed E-state index contributed by atoms with van der Waals surface area (Å²) in [7, 11) is 0. The fourth-order valence-corrected chi connectivity index (χ4v) is 1.68. The molecule has 1 heterocycles. The second-order valence-electron chi connectivity index (χ2n) is 3.66. The van der Waals surface area contributed by atoms with E-state index >= 15 is 0 Å². The Kier molecular flexibility index (Phi) is 4.32. The van der Waals surface area contributed by atoms with E-state index in [1.165, 1.54) is 0 Å². The number of hydrogen-bond donors (Lipinski definition) is 0. The van der Waals surface area contributed by atoms with E-state index in [9.17, 15) is 4.79 Å². The first-order chi connectivity index (χ1) is 7.04. The molecule has 0 fully saturated rings. The van der Waals surface area contributed by atoms with Crippen LogP contribution in [0.5, 0.6) is 0 Å². The largest absolute Gasteiger partial charge is 0.461 e. The molecule has 0 saturated carbocycles. The normalized spacial score (nSPS) is 10.7. The zero-order valence-electron chi connectivity index (χ0n) is 9.16. The lowest BCUT2D eigenvalue weighted by atomic mass is 10.2. The minimum Gasteiger partial charge on any atom is -0.461 e. The van der Waals surface area contributed by atoms with Crippen molar-refractivity contribution >= 4 is 21.9 Å². The lowest BCUT2D eigenvalue weighted by Gasteiger charge is -2.03. The third kappa shape index (κ3) is 3.34. The number of esters is 1. The standard InChI is InChI=1S/C10H15BrN2O2/c1-4-15-10(14)9-8(11)6-13(12-9)5-7(2)3/h6-7H,4-5H2,1-3H3. The molecule has 0 bridgehead atoms. The Labute approximate surface area is 97.7 Å². The Balaban J connectivity index is 2.81. The van der Waals surface area contributed by atoms with Gasteiger partial charge in [-0.2, -0.15) is 5.10 Å². The molecular weight excluding hydrogens is 260 g/mol. The van der Waals surface area contributed by atoms with Crippen LogP contribution in [-0.4, -0.2) is 22.4 Å². The van der Waals surface area contributed by atoms with Gasteiger partial charge in [0.15, 0.2) is 5.69 Å². The van der Waals surface area contributed by atoms with Gasteiger partial charge in [-0.1, -0.05) is 13.8 Å². The summed E-state index contributed by atoms with van der Waals surface area (Å²) in [5.41, 5.74) is 0.345. The topological polar surface area (TPSA) is 44.1 Å². The molecule has 1 rings (SSSR count). The van der Waals surface area contributed by atoms with Crippen molar-refractivity contribution in [3.8, 4) is 0 Å². The van der Waals surface area contributed by atoms with Crippen molar-refractivity contribution in [2.45, 2.75) is 27.3 Å². The van der Waals surface area contributed by atoms with Crippen molar-refractivity contribution in [2.24, 2.45) is 5.92 Å². The number of hydrogen-bond acceptors (Lipinski definition) is 3. The van der Waals surface area contributed by atoms with E-state index in [0.717, 1.165) is 6.54 Å². The Morgan fingerprint density at radius 3 is 2.87 bits per heavy atom. The van der Waals surface area contributed by atoms with Crippen LogP contribution in [0.15, 0.2) is 10.7 Å². The zero-order chi connectivity index (χ0) is 11.4. The smallest absolute Gasteiger partial charge is 0.360 e. The zero-order valence-corrected chi connectivity index (χ0v) is 10.7. The molecule has 0 amide bonds. The summed E-state index contributed by atoms with van der Waals surface area (Å²) in [5.74, 6) is 0.110. The monoisotopic (exact) mass is 274 g/mol. The maximum atomic E-state index is 11.4. The Hall–Kier alpha value is -0.840. The summed E-state index contributed by atoms with van der Waals surface area (Å²) in [6.07, 6.45) is 1.80. The molecule has 0 unspecified atom stereocenters. The third-order valence-corrected chi connectivity index (χ3v) is 2.32. The lowest BCUT2D eigenvalue weighted by molar-refractivity contribution is 0.0517.